The van der Waals surface area contributed by atoms with Crippen molar-refractivity contribution in [2.75, 3.05) is 18.1 Å². The standard InChI is InChI=1S/C19H19NO3S2/c21-17(14-6-8-15(9-7-14)19-24-10-11-25-19)20-12-16(18(22)23)13-4-2-1-3-5-13/h1-9,16,19H,10-12H2,(H,20,21)(H,22,23). The minimum Gasteiger partial charge on any atom is -0.481 e. The Morgan fingerprint density at radius 3 is 2.28 bits per heavy atom. The van der Waals surface area contributed by atoms with Crippen molar-refractivity contribution >= 4 is 35.4 Å². The molecule has 0 aromatic heterocycles. The molecule has 2 N–H and O–H groups in total. The van der Waals surface area contributed by atoms with Gasteiger partial charge in [0, 0.05) is 23.6 Å². The first-order valence-electron chi connectivity index (χ1n) is 8.04. The first-order valence-corrected chi connectivity index (χ1v) is 10.1. The number of hydrogen-bond donors (Lipinski definition) is 2. The second-order valence-electron chi connectivity index (χ2n) is 5.71. The van der Waals surface area contributed by atoms with Crippen molar-refractivity contribution in [3.63, 3.8) is 0 Å². The Morgan fingerprint density at radius 2 is 1.68 bits per heavy atom. The summed E-state index contributed by atoms with van der Waals surface area (Å²) in [5.41, 5.74) is 2.45. The molecule has 0 radical (unpaired) electrons. The molecular formula is C19H19NO3S2. The van der Waals surface area contributed by atoms with E-state index in [1.807, 2.05) is 53.9 Å². The molecule has 2 aromatic rings. The number of thioether (sulfide) groups is 2. The summed E-state index contributed by atoms with van der Waals surface area (Å²) in [6, 6.07) is 16.5. The molecule has 2 aromatic carbocycles. The normalized spacial score (nSPS) is 15.7. The fraction of sp³-hybridized carbons (Fsp3) is 0.263. The quantitative estimate of drug-likeness (QED) is 0.807. The molecule has 1 fully saturated rings. The second-order valence-corrected chi connectivity index (χ2v) is 8.43. The molecule has 1 saturated heterocycles. The summed E-state index contributed by atoms with van der Waals surface area (Å²) in [5, 5.41) is 12.1. The lowest BCUT2D eigenvalue weighted by atomic mass is 9.99. The van der Waals surface area contributed by atoms with Gasteiger partial charge in [0.25, 0.3) is 5.91 Å². The van der Waals surface area contributed by atoms with Gasteiger partial charge in [-0.2, -0.15) is 0 Å². The minimum atomic E-state index is -0.947. The van der Waals surface area contributed by atoms with Crippen molar-refractivity contribution in [3.05, 3.63) is 71.3 Å². The van der Waals surface area contributed by atoms with Crippen molar-refractivity contribution < 1.29 is 14.7 Å². The Morgan fingerprint density at radius 1 is 1.04 bits per heavy atom. The van der Waals surface area contributed by atoms with Crippen LogP contribution in [0.4, 0.5) is 0 Å². The summed E-state index contributed by atoms with van der Waals surface area (Å²) in [6.45, 7) is 0.0638. The van der Waals surface area contributed by atoms with E-state index in [0.29, 0.717) is 15.7 Å². The molecule has 1 aliphatic rings. The summed E-state index contributed by atoms with van der Waals surface area (Å²) < 4.78 is 0.451. The molecule has 1 heterocycles. The van der Waals surface area contributed by atoms with Gasteiger partial charge in [-0.1, -0.05) is 42.5 Å². The van der Waals surface area contributed by atoms with Gasteiger partial charge in [-0.3, -0.25) is 9.59 Å². The fourth-order valence-electron chi connectivity index (χ4n) is 2.67. The molecule has 6 heteroatoms. The average Bonchev–Trinajstić information content (AvgIpc) is 3.17. The predicted molar refractivity (Wildman–Crippen MR) is 103 cm³/mol. The van der Waals surface area contributed by atoms with E-state index in [1.54, 1.807) is 24.3 Å². The number of rotatable bonds is 6. The minimum absolute atomic E-state index is 0.0638. The highest BCUT2D eigenvalue weighted by atomic mass is 32.2. The summed E-state index contributed by atoms with van der Waals surface area (Å²) >= 11 is 3.84. The maximum atomic E-state index is 12.3. The lowest BCUT2D eigenvalue weighted by Gasteiger charge is -2.14. The molecule has 1 atom stereocenters. The van der Waals surface area contributed by atoms with E-state index >= 15 is 0 Å². The fourth-order valence-corrected chi connectivity index (χ4v) is 5.53. The Hall–Kier alpha value is -1.92. The van der Waals surface area contributed by atoms with Gasteiger partial charge in [0.05, 0.1) is 10.5 Å². The molecule has 1 aliphatic heterocycles. The molecular weight excluding hydrogens is 354 g/mol. The summed E-state index contributed by atoms with van der Waals surface area (Å²) in [5.74, 6) is 0.370. The molecule has 25 heavy (non-hydrogen) atoms. The van der Waals surface area contributed by atoms with Crippen LogP contribution in [0.2, 0.25) is 0 Å². The lowest BCUT2D eigenvalue weighted by molar-refractivity contribution is -0.138. The van der Waals surface area contributed by atoms with E-state index in [9.17, 15) is 14.7 Å². The summed E-state index contributed by atoms with van der Waals surface area (Å²) in [7, 11) is 0. The highest BCUT2D eigenvalue weighted by Gasteiger charge is 2.21. The Bertz CT molecular complexity index is 728. The Balaban J connectivity index is 1.62. The van der Waals surface area contributed by atoms with Crippen LogP contribution in [-0.2, 0) is 4.79 Å². The zero-order valence-corrected chi connectivity index (χ0v) is 15.2. The third-order valence-corrected chi connectivity index (χ3v) is 7.14. The van der Waals surface area contributed by atoms with Crippen LogP contribution in [0.25, 0.3) is 0 Å². The van der Waals surface area contributed by atoms with Gasteiger partial charge in [0.15, 0.2) is 0 Å². The first-order chi connectivity index (χ1) is 12.1. The Kier molecular flexibility index (Phi) is 6.04. The van der Waals surface area contributed by atoms with Crippen LogP contribution in [0.15, 0.2) is 54.6 Å². The van der Waals surface area contributed by atoms with Gasteiger partial charge in [0.1, 0.15) is 0 Å². The smallest absolute Gasteiger partial charge is 0.312 e. The largest absolute Gasteiger partial charge is 0.481 e. The molecule has 130 valence electrons. The van der Waals surface area contributed by atoms with Crippen LogP contribution < -0.4 is 5.32 Å². The van der Waals surface area contributed by atoms with Crippen LogP contribution in [0, 0.1) is 0 Å². The molecule has 1 amide bonds. The van der Waals surface area contributed by atoms with Crippen LogP contribution in [0.3, 0.4) is 0 Å². The third-order valence-electron chi connectivity index (χ3n) is 4.03. The molecule has 0 spiro atoms. The highest BCUT2D eigenvalue weighted by Crippen LogP contribution is 2.45. The highest BCUT2D eigenvalue weighted by molar-refractivity contribution is 8.19. The second kappa shape index (κ2) is 8.45. The third kappa shape index (κ3) is 4.58. The number of benzene rings is 2. The molecule has 3 rings (SSSR count). The molecule has 0 bridgehead atoms. The number of aliphatic carboxylic acids is 1. The van der Waals surface area contributed by atoms with E-state index in [1.165, 1.54) is 5.56 Å². The lowest BCUT2D eigenvalue weighted by Crippen LogP contribution is -2.31. The monoisotopic (exact) mass is 373 g/mol. The van der Waals surface area contributed by atoms with E-state index in [2.05, 4.69) is 5.32 Å². The van der Waals surface area contributed by atoms with Crippen molar-refractivity contribution in [1.29, 1.82) is 0 Å². The number of hydrogen-bond acceptors (Lipinski definition) is 4. The molecule has 1 unspecified atom stereocenters. The van der Waals surface area contributed by atoms with E-state index in [0.717, 1.165) is 11.5 Å². The maximum absolute atomic E-state index is 12.3. The van der Waals surface area contributed by atoms with Gasteiger partial charge >= 0.3 is 5.97 Å². The summed E-state index contributed by atoms with van der Waals surface area (Å²) in [6.07, 6.45) is 0. The van der Waals surface area contributed by atoms with Crippen molar-refractivity contribution in [2.45, 2.75) is 10.5 Å². The van der Waals surface area contributed by atoms with Gasteiger partial charge in [-0.25, -0.2) is 0 Å². The average molecular weight is 373 g/mol. The van der Waals surface area contributed by atoms with E-state index < -0.39 is 11.9 Å². The molecule has 0 saturated carbocycles. The van der Waals surface area contributed by atoms with Crippen LogP contribution in [-0.4, -0.2) is 35.0 Å². The van der Waals surface area contributed by atoms with Crippen molar-refractivity contribution in [2.24, 2.45) is 0 Å². The van der Waals surface area contributed by atoms with Crippen LogP contribution in [0.1, 0.15) is 32.0 Å². The maximum Gasteiger partial charge on any atom is 0.312 e. The van der Waals surface area contributed by atoms with Gasteiger partial charge < -0.3 is 10.4 Å². The van der Waals surface area contributed by atoms with Gasteiger partial charge in [-0.05, 0) is 23.3 Å². The van der Waals surface area contributed by atoms with Crippen molar-refractivity contribution in [1.82, 2.24) is 5.32 Å². The van der Waals surface area contributed by atoms with Crippen molar-refractivity contribution in [3.8, 4) is 0 Å². The number of carbonyl (C=O) groups excluding carboxylic acids is 1. The molecule has 4 nitrogen and oxygen atoms in total. The van der Waals surface area contributed by atoms with Gasteiger partial charge in [0.2, 0.25) is 0 Å². The summed E-state index contributed by atoms with van der Waals surface area (Å²) in [4.78, 5) is 23.8. The Labute approximate surface area is 155 Å². The number of carboxylic acid groups (broad SMARTS) is 1. The number of carbonyl (C=O) groups is 2. The predicted octanol–water partition coefficient (Wildman–Crippen LogP) is 3.76. The zero-order valence-electron chi connectivity index (χ0n) is 13.6. The first kappa shape index (κ1) is 17.9. The SMILES string of the molecule is O=C(NCC(C(=O)O)c1ccccc1)c1ccc(C2SCCS2)cc1. The molecule has 0 aliphatic carbocycles. The van der Waals surface area contributed by atoms with E-state index in [-0.39, 0.29) is 12.5 Å². The van der Waals surface area contributed by atoms with Crippen LogP contribution >= 0.6 is 23.5 Å². The number of carboxylic acids is 1. The zero-order chi connectivity index (χ0) is 17.6. The number of amides is 1. The topological polar surface area (TPSA) is 66.4 Å². The van der Waals surface area contributed by atoms with Crippen LogP contribution in [0.5, 0.6) is 0 Å². The number of nitrogens with one attached hydrogen (secondary N) is 1. The van der Waals surface area contributed by atoms with Gasteiger partial charge in [-0.15, -0.1) is 23.5 Å². The van der Waals surface area contributed by atoms with E-state index in [4.69, 9.17) is 0 Å².